The molecule has 0 fully saturated rings. The quantitative estimate of drug-likeness (QED) is 0.273. The molecule has 0 aliphatic carbocycles. The molecule has 4 rings (SSSR count). The molecule has 0 bridgehead atoms. The van der Waals surface area contributed by atoms with Crippen LogP contribution < -0.4 is 25.5 Å². The number of fused-ring (bicyclic) bond motifs is 1. The summed E-state index contributed by atoms with van der Waals surface area (Å²) in [6.45, 7) is 5.73. The number of benzene rings is 3. The van der Waals surface area contributed by atoms with E-state index in [-0.39, 0.29) is 23.8 Å². The zero-order chi connectivity index (χ0) is 28.3. The first-order valence-corrected chi connectivity index (χ1v) is 13.0. The first kappa shape index (κ1) is 27.8. The third kappa shape index (κ3) is 5.80. The number of halogens is 1. The zero-order valence-corrected chi connectivity index (χ0v) is 23.9. The SMILES string of the molecule is COc1cc(C)c(-c2nc3ccccc3c(=O)n2N=Cc2cc(Br)cc(OC)c2OCC(N)=O)cc1C(C)C. The van der Waals surface area contributed by atoms with Gasteiger partial charge in [0.15, 0.2) is 23.9 Å². The molecule has 0 atom stereocenters. The van der Waals surface area contributed by atoms with Gasteiger partial charge in [-0.1, -0.05) is 41.9 Å². The Labute approximate surface area is 234 Å². The number of nitrogens with two attached hydrogens (primary N) is 1. The average Bonchev–Trinajstić information content (AvgIpc) is 2.91. The molecule has 1 amide bonds. The molecule has 3 aromatic carbocycles. The van der Waals surface area contributed by atoms with Crippen LogP contribution in [0, 0.1) is 6.92 Å². The molecular formula is C29H29BrN4O5. The van der Waals surface area contributed by atoms with E-state index in [0.29, 0.717) is 32.5 Å². The smallest absolute Gasteiger partial charge is 0.282 e. The number of amides is 1. The summed E-state index contributed by atoms with van der Waals surface area (Å²) >= 11 is 3.46. The molecule has 0 saturated heterocycles. The van der Waals surface area contributed by atoms with E-state index >= 15 is 0 Å². The molecule has 0 saturated carbocycles. The number of nitrogens with zero attached hydrogens (tertiary/aromatic N) is 3. The van der Waals surface area contributed by atoms with Gasteiger partial charge in [0.05, 0.1) is 31.3 Å². The highest BCUT2D eigenvalue weighted by atomic mass is 79.9. The van der Waals surface area contributed by atoms with E-state index in [4.69, 9.17) is 24.9 Å². The van der Waals surface area contributed by atoms with Crippen molar-refractivity contribution in [2.24, 2.45) is 10.8 Å². The standard InChI is InChI=1S/C29H29BrN4O5/c1-16(2)21-13-22(17(3)10-24(21)37-4)28-33-23-9-7-6-8-20(23)29(36)34(28)32-14-18-11-19(30)12-25(38-5)27(18)39-15-26(31)35/h6-14,16H,15H2,1-5H3,(H2,31,35). The minimum Gasteiger partial charge on any atom is -0.496 e. The highest BCUT2D eigenvalue weighted by molar-refractivity contribution is 9.10. The van der Waals surface area contributed by atoms with Crippen LogP contribution in [0.2, 0.25) is 0 Å². The van der Waals surface area contributed by atoms with Crippen LogP contribution in [-0.2, 0) is 4.79 Å². The number of hydrogen-bond donors (Lipinski definition) is 1. The fraction of sp³-hybridized carbons (Fsp3) is 0.241. The second-order valence-corrected chi connectivity index (χ2v) is 10.1. The monoisotopic (exact) mass is 592 g/mol. The Kier molecular flexibility index (Phi) is 8.35. The van der Waals surface area contributed by atoms with Crippen LogP contribution in [0.3, 0.4) is 0 Å². The fourth-order valence-corrected chi connectivity index (χ4v) is 4.68. The maximum Gasteiger partial charge on any atom is 0.282 e. The van der Waals surface area contributed by atoms with E-state index in [1.54, 1.807) is 37.4 Å². The summed E-state index contributed by atoms with van der Waals surface area (Å²) in [5.74, 6) is 1.29. The third-order valence-electron chi connectivity index (χ3n) is 6.13. The maximum absolute atomic E-state index is 13.7. The fourth-order valence-electron chi connectivity index (χ4n) is 4.23. The second kappa shape index (κ2) is 11.7. The summed E-state index contributed by atoms with van der Waals surface area (Å²) in [6, 6.07) is 14.5. The van der Waals surface area contributed by atoms with Crippen LogP contribution >= 0.6 is 15.9 Å². The Bertz CT molecular complexity index is 1650. The lowest BCUT2D eigenvalue weighted by Gasteiger charge is -2.17. The number of hydrogen-bond acceptors (Lipinski definition) is 7. The predicted octanol–water partition coefficient (Wildman–Crippen LogP) is 5.02. The Morgan fingerprint density at radius 2 is 1.85 bits per heavy atom. The van der Waals surface area contributed by atoms with E-state index in [1.165, 1.54) is 18.0 Å². The molecule has 0 radical (unpaired) electrons. The van der Waals surface area contributed by atoms with Gasteiger partial charge in [0.25, 0.3) is 11.5 Å². The molecule has 39 heavy (non-hydrogen) atoms. The van der Waals surface area contributed by atoms with E-state index < -0.39 is 5.91 Å². The Morgan fingerprint density at radius 1 is 1.13 bits per heavy atom. The summed E-state index contributed by atoms with van der Waals surface area (Å²) < 4.78 is 18.6. The van der Waals surface area contributed by atoms with Crippen molar-refractivity contribution >= 4 is 39.0 Å². The van der Waals surface area contributed by atoms with Gasteiger partial charge in [0.1, 0.15) is 5.75 Å². The van der Waals surface area contributed by atoms with Crippen LogP contribution in [-0.4, -0.2) is 42.6 Å². The van der Waals surface area contributed by atoms with Crippen LogP contribution in [0.5, 0.6) is 17.2 Å². The number of carbonyl (C=O) groups excluding carboxylic acids is 1. The van der Waals surface area contributed by atoms with Gasteiger partial charge >= 0.3 is 0 Å². The minimum absolute atomic E-state index is 0.169. The first-order valence-electron chi connectivity index (χ1n) is 12.2. The summed E-state index contributed by atoms with van der Waals surface area (Å²) in [5.41, 5.74) is 8.57. The maximum atomic E-state index is 13.7. The van der Waals surface area contributed by atoms with Crippen LogP contribution in [0.4, 0.5) is 0 Å². The number of primary amides is 1. The van der Waals surface area contributed by atoms with Crippen LogP contribution in [0.1, 0.15) is 36.5 Å². The topological polar surface area (TPSA) is 118 Å². The van der Waals surface area contributed by atoms with Crippen LogP contribution in [0.25, 0.3) is 22.3 Å². The summed E-state index contributed by atoms with van der Waals surface area (Å²) in [6.07, 6.45) is 1.47. The van der Waals surface area contributed by atoms with Crippen LogP contribution in [0.15, 0.2) is 62.9 Å². The summed E-state index contributed by atoms with van der Waals surface area (Å²) in [5, 5.41) is 5.00. The molecule has 0 aliphatic rings. The minimum atomic E-state index is -0.643. The summed E-state index contributed by atoms with van der Waals surface area (Å²) in [7, 11) is 3.12. The number of rotatable bonds is 9. The third-order valence-corrected chi connectivity index (χ3v) is 6.59. The number of methoxy groups -OCH3 is 2. The number of aryl methyl sites for hydroxylation is 1. The Balaban J connectivity index is 1.98. The molecule has 202 valence electrons. The van der Waals surface area contributed by atoms with Crippen molar-refractivity contribution in [3.05, 3.63) is 80.0 Å². The summed E-state index contributed by atoms with van der Waals surface area (Å²) in [4.78, 5) is 30.0. The van der Waals surface area contributed by atoms with Gasteiger partial charge in [-0.2, -0.15) is 9.78 Å². The zero-order valence-electron chi connectivity index (χ0n) is 22.3. The molecule has 0 unspecified atom stereocenters. The molecule has 2 N–H and O–H groups in total. The van der Waals surface area contributed by atoms with Crippen molar-refractivity contribution < 1.29 is 19.0 Å². The lowest BCUT2D eigenvalue weighted by atomic mass is 9.96. The lowest BCUT2D eigenvalue weighted by molar-refractivity contribution is -0.119. The van der Waals surface area contributed by atoms with Crippen molar-refractivity contribution in [3.8, 4) is 28.6 Å². The number of ether oxygens (including phenoxy) is 3. The van der Waals surface area contributed by atoms with E-state index in [2.05, 4.69) is 34.9 Å². The number of aromatic nitrogens is 2. The van der Waals surface area contributed by atoms with Crippen molar-refractivity contribution in [1.82, 2.24) is 9.66 Å². The largest absolute Gasteiger partial charge is 0.496 e. The first-order chi connectivity index (χ1) is 18.6. The molecule has 1 heterocycles. The molecular weight excluding hydrogens is 564 g/mol. The van der Waals surface area contributed by atoms with Crippen molar-refractivity contribution in [1.29, 1.82) is 0 Å². The predicted molar refractivity (Wildman–Crippen MR) is 155 cm³/mol. The highest BCUT2D eigenvalue weighted by Gasteiger charge is 2.19. The van der Waals surface area contributed by atoms with Gasteiger partial charge in [0.2, 0.25) is 0 Å². The van der Waals surface area contributed by atoms with Gasteiger partial charge in [-0.25, -0.2) is 4.98 Å². The van der Waals surface area contributed by atoms with Crippen molar-refractivity contribution in [2.75, 3.05) is 20.8 Å². The van der Waals surface area contributed by atoms with Crippen molar-refractivity contribution in [3.63, 3.8) is 0 Å². The van der Waals surface area contributed by atoms with E-state index in [9.17, 15) is 9.59 Å². The Hall–Kier alpha value is -4.18. The van der Waals surface area contributed by atoms with Gasteiger partial charge in [-0.15, -0.1) is 0 Å². The van der Waals surface area contributed by atoms with Crippen molar-refractivity contribution in [2.45, 2.75) is 26.7 Å². The Morgan fingerprint density at radius 3 is 2.51 bits per heavy atom. The van der Waals surface area contributed by atoms with Gasteiger partial charge < -0.3 is 19.9 Å². The molecule has 10 heteroatoms. The second-order valence-electron chi connectivity index (χ2n) is 9.16. The molecule has 9 nitrogen and oxygen atoms in total. The van der Waals surface area contributed by atoms with E-state index in [0.717, 1.165) is 22.4 Å². The average molecular weight is 593 g/mol. The highest BCUT2D eigenvalue weighted by Crippen LogP contribution is 2.35. The lowest BCUT2D eigenvalue weighted by Crippen LogP contribution is -2.21. The van der Waals surface area contributed by atoms with Gasteiger partial charge in [-0.05, 0) is 60.4 Å². The normalized spacial score (nSPS) is 11.4. The number of para-hydroxylation sites is 1. The molecule has 0 aliphatic heterocycles. The molecule has 0 spiro atoms. The number of carbonyl (C=O) groups is 1. The van der Waals surface area contributed by atoms with E-state index in [1.807, 2.05) is 25.1 Å². The van der Waals surface area contributed by atoms with Gasteiger partial charge in [-0.3, -0.25) is 9.59 Å². The molecule has 1 aromatic heterocycles. The molecule has 4 aromatic rings. The van der Waals surface area contributed by atoms with Gasteiger partial charge in [0, 0.05) is 15.6 Å².